The summed E-state index contributed by atoms with van der Waals surface area (Å²) in [6.45, 7) is 0. The molecule has 0 saturated carbocycles. The van der Waals surface area contributed by atoms with Crippen molar-refractivity contribution in [3.63, 3.8) is 0 Å². The maximum absolute atomic E-state index is 7.88. The summed E-state index contributed by atoms with van der Waals surface area (Å²) >= 11 is 2.62. The predicted octanol–water partition coefficient (Wildman–Crippen LogP) is -0.125. The van der Waals surface area contributed by atoms with Gasteiger partial charge in [0, 0.05) is 0 Å². The molecule has 0 aliphatic heterocycles. The van der Waals surface area contributed by atoms with Crippen LogP contribution >= 0.6 is 0 Å². The minimum absolute atomic E-state index is 0. The van der Waals surface area contributed by atoms with E-state index in [1.54, 1.807) is 0 Å². The van der Waals surface area contributed by atoms with Gasteiger partial charge in [0.15, 0.2) is 0 Å². The minimum atomic E-state index is 0. The average molecular weight is 137 g/mol. The Balaban J connectivity index is -0.000000000833. The monoisotopic (exact) mass is 136 g/mol. The first kappa shape index (κ1) is 17.9. The van der Waals surface area contributed by atoms with E-state index in [2.05, 4.69) is 15.4 Å². The molecule has 0 heterocycles. The molecule has 0 bridgehead atoms. The van der Waals surface area contributed by atoms with Crippen LogP contribution in [0, 0.1) is 0 Å². The molecule has 0 saturated heterocycles. The molecule has 0 unspecified atom stereocenters. The Labute approximate surface area is 64.0 Å². The zero-order valence-corrected chi connectivity index (χ0v) is 5.04. The molecule has 0 rings (SSSR count). The van der Waals surface area contributed by atoms with E-state index in [9.17, 15) is 0 Å². The second-order valence-corrected chi connectivity index (χ2v) is 0. The third-order valence-electron chi connectivity index (χ3n) is 0. The Morgan fingerprint density at radius 3 is 1.50 bits per heavy atom. The molecule has 0 amide bonds. The van der Waals surface area contributed by atoms with Gasteiger partial charge >= 0.3 is 57.0 Å². The van der Waals surface area contributed by atoms with Crippen molar-refractivity contribution in [1.82, 2.24) is 0 Å². The third kappa shape index (κ3) is 9.76. The van der Waals surface area contributed by atoms with Gasteiger partial charge < -0.3 is 2.85 Å². The van der Waals surface area contributed by atoms with Crippen LogP contribution in [-0.2, 0) is 19.3 Å². The molecule has 0 aliphatic carbocycles. The fourth-order valence-electron chi connectivity index (χ4n) is 0. The van der Waals surface area contributed by atoms with Crippen LogP contribution in [0.1, 0.15) is 2.85 Å². The molecule has 0 radical (unpaired) electrons. The third-order valence-corrected chi connectivity index (χ3v) is 0. The zero-order chi connectivity index (χ0) is 2.00. The Kier molecular flexibility index (Phi) is 110. The standard InChI is InChI=1S/Ca.FH.Ni.O.2H/h;1H;;;;/q+2;;;;2*-1. The maximum atomic E-state index is 7.88. The number of halogens is 1. The van der Waals surface area contributed by atoms with Crippen molar-refractivity contribution in [2.24, 2.45) is 0 Å². The Bertz CT molecular complexity index is 13.5. The summed E-state index contributed by atoms with van der Waals surface area (Å²) in [6.07, 6.45) is 0. The van der Waals surface area contributed by atoms with E-state index < -0.39 is 0 Å². The topological polar surface area (TPSA) is 17.1 Å². The fourth-order valence-corrected chi connectivity index (χ4v) is 0. The summed E-state index contributed by atoms with van der Waals surface area (Å²) < 4.78 is 7.88. The number of rotatable bonds is 0. The molecule has 0 aromatic carbocycles. The van der Waals surface area contributed by atoms with E-state index in [1.165, 1.54) is 0 Å². The normalized spacial score (nSPS) is 1.50. The van der Waals surface area contributed by atoms with Crippen molar-refractivity contribution >= 4 is 37.7 Å². The molecular formula is H3CaFNiO. The first-order chi connectivity index (χ1) is 1.00. The molecule has 4 heteroatoms. The molecule has 4 heavy (non-hydrogen) atoms. The van der Waals surface area contributed by atoms with Crippen molar-refractivity contribution in [2.45, 2.75) is 0 Å². The van der Waals surface area contributed by atoms with Crippen molar-refractivity contribution in [2.75, 3.05) is 0 Å². The SMILES string of the molecule is F.[Ca+2].[H-].[H-].[O]=[Ni]. The molecule has 0 fully saturated rings. The van der Waals surface area contributed by atoms with E-state index in [-0.39, 0.29) is 45.3 Å². The second kappa shape index (κ2) is 24.7. The van der Waals surface area contributed by atoms with Crippen LogP contribution < -0.4 is 0 Å². The van der Waals surface area contributed by atoms with Crippen LogP contribution in [0.4, 0.5) is 4.70 Å². The van der Waals surface area contributed by atoms with Gasteiger partial charge in [-0.3, -0.25) is 4.70 Å². The quantitative estimate of drug-likeness (QED) is 0.425. The van der Waals surface area contributed by atoms with Crippen LogP contribution in [0.15, 0.2) is 0 Å². The first-order valence-electron chi connectivity index (χ1n) is 0.129. The van der Waals surface area contributed by atoms with E-state index in [1.807, 2.05) is 0 Å². The van der Waals surface area contributed by atoms with Gasteiger partial charge in [0.1, 0.15) is 0 Å². The van der Waals surface area contributed by atoms with E-state index in [4.69, 9.17) is 3.90 Å². The summed E-state index contributed by atoms with van der Waals surface area (Å²) in [6, 6.07) is 0. The predicted molar refractivity (Wildman–Crippen MR) is 11.2 cm³/mol. The fraction of sp³-hybridized carbons (Fsp3) is 0. The van der Waals surface area contributed by atoms with Crippen molar-refractivity contribution in [3.05, 3.63) is 0 Å². The van der Waals surface area contributed by atoms with Gasteiger partial charge in [-0.25, -0.2) is 0 Å². The van der Waals surface area contributed by atoms with Gasteiger partial charge in [-0.2, -0.15) is 0 Å². The number of hydrogen-bond acceptors (Lipinski definition) is 1. The zero-order valence-electron chi connectivity index (χ0n) is 3.84. The van der Waals surface area contributed by atoms with E-state index >= 15 is 0 Å². The number of hydrogen-bond donors (Lipinski definition) is 0. The van der Waals surface area contributed by atoms with Gasteiger partial charge in [-0.05, 0) is 0 Å². The summed E-state index contributed by atoms with van der Waals surface area (Å²) in [5, 5.41) is 0. The van der Waals surface area contributed by atoms with E-state index in [0.29, 0.717) is 0 Å². The van der Waals surface area contributed by atoms with Crippen LogP contribution in [-0.4, -0.2) is 37.7 Å². The van der Waals surface area contributed by atoms with Crippen molar-refractivity contribution < 1.29 is 26.8 Å². The van der Waals surface area contributed by atoms with Gasteiger partial charge in [0.25, 0.3) is 0 Å². The molecule has 1 nitrogen and oxygen atoms in total. The van der Waals surface area contributed by atoms with Crippen LogP contribution in [0.25, 0.3) is 0 Å². The Hall–Kier alpha value is 1.48. The molecule has 0 aliphatic rings. The molecule has 0 atom stereocenters. The molecule has 0 spiro atoms. The van der Waals surface area contributed by atoms with Crippen LogP contribution in [0.3, 0.4) is 0 Å². The van der Waals surface area contributed by atoms with Gasteiger partial charge in [-0.15, -0.1) is 0 Å². The molecule has 0 N–H and O–H groups in total. The molecular weight excluding hydrogens is 134 g/mol. The average Bonchev–Trinajstić information content (AvgIpc) is 1.00. The van der Waals surface area contributed by atoms with Gasteiger partial charge in [0.2, 0.25) is 0 Å². The van der Waals surface area contributed by atoms with Crippen LogP contribution in [0.5, 0.6) is 0 Å². The van der Waals surface area contributed by atoms with Crippen LogP contribution in [0.2, 0.25) is 0 Å². The van der Waals surface area contributed by atoms with Gasteiger partial charge in [0.05, 0.1) is 0 Å². The first-order valence-corrected chi connectivity index (χ1v) is 0.532. The molecule has 0 aromatic rings. The van der Waals surface area contributed by atoms with Crippen molar-refractivity contribution in [1.29, 1.82) is 0 Å². The Morgan fingerprint density at radius 2 is 1.50 bits per heavy atom. The second-order valence-electron chi connectivity index (χ2n) is 0. The summed E-state index contributed by atoms with van der Waals surface area (Å²) in [4.78, 5) is 0. The summed E-state index contributed by atoms with van der Waals surface area (Å²) in [5.41, 5.74) is 0. The molecule has 28 valence electrons. The Morgan fingerprint density at radius 1 is 1.50 bits per heavy atom. The molecule has 0 aromatic heterocycles. The van der Waals surface area contributed by atoms with Gasteiger partial charge in [-0.1, -0.05) is 0 Å². The van der Waals surface area contributed by atoms with E-state index in [0.717, 1.165) is 0 Å². The van der Waals surface area contributed by atoms with Crippen molar-refractivity contribution in [3.8, 4) is 0 Å². The summed E-state index contributed by atoms with van der Waals surface area (Å²) in [7, 11) is 0. The summed E-state index contributed by atoms with van der Waals surface area (Å²) in [5.74, 6) is 0.